The lowest BCUT2D eigenvalue weighted by molar-refractivity contribution is 0.275. The molecule has 6 N–H and O–H groups in total. The number of benzene rings is 2. The standard InChI is InChI=1S/C12H10.H3N.H3O4P/c1-3-7-11(8-4-1)12-9-5-2-6-10-12;;1-5(2,3)4/h1-10H;1H3;(H3,1,2,3,4). The summed E-state index contributed by atoms with van der Waals surface area (Å²) in [6.45, 7) is 0. The topological polar surface area (TPSA) is 113 Å². The first-order valence-electron chi connectivity index (χ1n) is 4.85. The van der Waals surface area contributed by atoms with Crippen LogP contribution in [0.4, 0.5) is 0 Å². The quantitative estimate of drug-likeness (QED) is 0.594. The van der Waals surface area contributed by atoms with Gasteiger partial charge in [-0.05, 0) is 11.1 Å². The highest BCUT2D eigenvalue weighted by atomic mass is 31.2. The van der Waals surface area contributed by atoms with Crippen LogP contribution in [0.2, 0.25) is 0 Å². The van der Waals surface area contributed by atoms with Gasteiger partial charge in [0.1, 0.15) is 0 Å². The molecule has 0 saturated heterocycles. The zero-order valence-corrected chi connectivity index (χ0v) is 10.6. The summed E-state index contributed by atoms with van der Waals surface area (Å²) in [7, 11) is -4.64. The van der Waals surface area contributed by atoms with Gasteiger partial charge in [0.15, 0.2) is 0 Å². The van der Waals surface area contributed by atoms with Crippen LogP contribution in [0.1, 0.15) is 0 Å². The summed E-state index contributed by atoms with van der Waals surface area (Å²) in [5.74, 6) is 0. The van der Waals surface area contributed by atoms with Gasteiger partial charge in [0, 0.05) is 0 Å². The van der Waals surface area contributed by atoms with Crippen molar-refractivity contribution in [1.82, 2.24) is 6.15 Å². The molecule has 0 aliphatic carbocycles. The predicted octanol–water partition coefficient (Wildman–Crippen LogP) is 2.59. The molecule has 0 atom stereocenters. The lowest BCUT2D eigenvalue weighted by Crippen LogP contribution is -1.73. The van der Waals surface area contributed by atoms with Crippen LogP contribution < -0.4 is 6.15 Å². The summed E-state index contributed by atoms with van der Waals surface area (Å²) in [5, 5.41) is 0. The highest BCUT2D eigenvalue weighted by Crippen LogP contribution is 2.25. The van der Waals surface area contributed by atoms with Crippen LogP contribution in [0.15, 0.2) is 60.7 Å². The molecule has 0 saturated carbocycles. The smallest absolute Gasteiger partial charge is 0.344 e. The van der Waals surface area contributed by atoms with Crippen molar-refractivity contribution in [2.75, 3.05) is 0 Å². The van der Waals surface area contributed by atoms with Crippen LogP contribution in [0.3, 0.4) is 0 Å². The van der Waals surface area contributed by atoms with E-state index in [0.717, 1.165) is 0 Å². The van der Waals surface area contributed by atoms with Crippen molar-refractivity contribution in [2.45, 2.75) is 0 Å². The molecule has 0 spiro atoms. The number of hydrogen-bond donors (Lipinski definition) is 4. The normalized spacial score (nSPS) is 9.72. The lowest BCUT2D eigenvalue weighted by atomic mass is 10.1. The molecule has 2 rings (SSSR count). The summed E-state index contributed by atoms with van der Waals surface area (Å²) in [4.78, 5) is 21.6. The fourth-order valence-electron chi connectivity index (χ4n) is 1.26. The maximum absolute atomic E-state index is 8.88. The predicted molar refractivity (Wildman–Crippen MR) is 71.2 cm³/mol. The van der Waals surface area contributed by atoms with E-state index >= 15 is 0 Å². The second-order valence-corrected chi connectivity index (χ2v) is 4.27. The van der Waals surface area contributed by atoms with Crippen LogP contribution in [-0.2, 0) is 4.57 Å². The van der Waals surface area contributed by atoms with Gasteiger partial charge in [-0.25, -0.2) is 4.57 Å². The zero-order chi connectivity index (χ0) is 12.7. The molecule has 0 bridgehead atoms. The first-order chi connectivity index (χ1) is 7.97. The summed E-state index contributed by atoms with van der Waals surface area (Å²) in [5.41, 5.74) is 2.55. The Labute approximate surface area is 106 Å². The molecular formula is C12H16NO4P. The van der Waals surface area contributed by atoms with Gasteiger partial charge in [-0.3, -0.25) is 0 Å². The Morgan fingerprint density at radius 3 is 1.11 bits per heavy atom. The molecule has 0 radical (unpaired) electrons. The molecule has 0 aromatic heterocycles. The van der Waals surface area contributed by atoms with Gasteiger partial charge in [0.05, 0.1) is 0 Å². The summed E-state index contributed by atoms with van der Waals surface area (Å²) in [6, 6.07) is 20.8. The third-order valence-electron chi connectivity index (χ3n) is 1.88. The molecule has 0 fully saturated rings. The van der Waals surface area contributed by atoms with Crippen LogP contribution in [-0.4, -0.2) is 14.7 Å². The highest BCUT2D eigenvalue weighted by molar-refractivity contribution is 7.45. The van der Waals surface area contributed by atoms with Gasteiger partial charge in [-0.1, -0.05) is 60.7 Å². The summed E-state index contributed by atoms with van der Waals surface area (Å²) in [6.07, 6.45) is 0. The second-order valence-electron chi connectivity index (χ2n) is 3.25. The molecule has 0 unspecified atom stereocenters. The Hall–Kier alpha value is -1.49. The molecule has 0 aliphatic heterocycles. The minimum atomic E-state index is -4.64. The minimum Gasteiger partial charge on any atom is -0.344 e. The van der Waals surface area contributed by atoms with E-state index in [-0.39, 0.29) is 6.15 Å². The van der Waals surface area contributed by atoms with E-state index < -0.39 is 7.82 Å². The monoisotopic (exact) mass is 269 g/mol. The SMILES string of the molecule is N.O=P(O)(O)O.c1ccc(-c2ccccc2)cc1. The third-order valence-corrected chi connectivity index (χ3v) is 1.88. The fraction of sp³-hybridized carbons (Fsp3) is 0. The average molecular weight is 269 g/mol. The van der Waals surface area contributed by atoms with E-state index in [1.165, 1.54) is 11.1 Å². The third kappa shape index (κ3) is 7.73. The Morgan fingerprint density at radius 1 is 0.667 bits per heavy atom. The molecule has 6 heteroatoms. The maximum Gasteiger partial charge on any atom is 0.466 e. The Morgan fingerprint density at radius 2 is 0.889 bits per heavy atom. The van der Waals surface area contributed by atoms with Crippen LogP contribution in [0, 0.1) is 0 Å². The molecule has 18 heavy (non-hydrogen) atoms. The molecular weight excluding hydrogens is 253 g/mol. The van der Waals surface area contributed by atoms with E-state index in [1.807, 2.05) is 12.1 Å². The van der Waals surface area contributed by atoms with Crippen LogP contribution in [0.5, 0.6) is 0 Å². The first-order valence-corrected chi connectivity index (χ1v) is 6.42. The van der Waals surface area contributed by atoms with Crippen molar-refractivity contribution in [3.63, 3.8) is 0 Å². The number of hydrogen-bond acceptors (Lipinski definition) is 2. The van der Waals surface area contributed by atoms with Gasteiger partial charge in [0.2, 0.25) is 0 Å². The molecule has 98 valence electrons. The Bertz CT molecular complexity index is 438. The largest absolute Gasteiger partial charge is 0.466 e. The van der Waals surface area contributed by atoms with Gasteiger partial charge >= 0.3 is 7.82 Å². The molecule has 5 nitrogen and oxygen atoms in total. The maximum atomic E-state index is 8.88. The van der Waals surface area contributed by atoms with Crippen molar-refractivity contribution in [1.29, 1.82) is 0 Å². The molecule has 0 heterocycles. The molecule has 0 amide bonds. The Balaban J connectivity index is 0.000000421. The minimum absolute atomic E-state index is 0. The van der Waals surface area contributed by atoms with Crippen molar-refractivity contribution in [2.24, 2.45) is 0 Å². The van der Waals surface area contributed by atoms with Crippen molar-refractivity contribution in [3.8, 4) is 11.1 Å². The second kappa shape index (κ2) is 7.76. The average Bonchev–Trinajstić information content (AvgIpc) is 2.29. The van der Waals surface area contributed by atoms with E-state index in [9.17, 15) is 0 Å². The van der Waals surface area contributed by atoms with E-state index in [0.29, 0.717) is 0 Å². The summed E-state index contributed by atoms with van der Waals surface area (Å²) < 4.78 is 8.88. The van der Waals surface area contributed by atoms with E-state index in [2.05, 4.69) is 48.5 Å². The lowest BCUT2D eigenvalue weighted by Gasteiger charge is -1.98. The van der Waals surface area contributed by atoms with E-state index in [4.69, 9.17) is 19.2 Å². The van der Waals surface area contributed by atoms with Gasteiger partial charge in [0.25, 0.3) is 0 Å². The fourth-order valence-corrected chi connectivity index (χ4v) is 1.26. The van der Waals surface area contributed by atoms with Gasteiger partial charge < -0.3 is 20.8 Å². The molecule has 0 aliphatic rings. The zero-order valence-electron chi connectivity index (χ0n) is 9.68. The van der Waals surface area contributed by atoms with Crippen molar-refractivity contribution < 1.29 is 19.2 Å². The van der Waals surface area contributed by atoms with Crippen molar-refractivity contribution >= 4 is 7.82 Å². The molecule has 2 aromatic carbocycles. The Kier molecular flexibility index (Phi) is 7.12. The number of rotatable bonds is 1. The highest BCUT2D eigenvalue weighted by Gasteiger charge is 2.00. The van der Waals surface area contributed by atoms with Gasteiger partial charge in [-0.2, -0.15) is 0 Å². The first kappa shape index (κ1) is 16.5. The van der Waals surface area contributed by atoms with Gasteiger partial charge in [-0.15, -0.1) is 0 Å². The van der Waals surface area contributed by atoms with Crippen LogP contribution in [0.25, 0.3) is 11.1 Å². The summed E-state index contributed by atoms with van der Waals surface area (Å²) >= 11 is 0. The van der Waals surface area contributed by atoms with Crippen molar-refractivity contribution in [3.05, 3.63) is 60.7 Å². The number of phosphoric acid groups is 1. The van der Waals surface area contributed by atoms with E-state index in [1.54, 1.807) is 0 Å². The molecule has 2 aromatic rings. The van der Waals surface area contributed by atoms with Crippen LogP contribution >= 0.6 is 7.82 Å².